The molecule has 108 valence electrons. The van der Waals surface area contributed by atoms with Gasteiger partial charge in [0.05, 0.1) is 25.1 Å². The molecule has 0 bridgehead atoms. The highest BCUT2D eigenvalue weighted by atomic mass is 32.2. The Morgan fingerprint density at radius 3 is 2.85 bits per heavy atom. The quantitative estimate of drug-likeness (QED) is 0.740. The van der Waals surface area contributed by atoms with E-state index in [2.05, 4.69) is 14.9 Å². The molecule has 2 rings (SSSR count). The van der Waals surface area contributed by atoms with E-state index in [4.69, 9.17) is 9.84 Å². The number of anilines is 1. The number of rotatable bonds is 6. The van der Waals surface area contributed by atoms with Crippen molar-refractivity contribution in [1.29, 1.82) is 0 Å². The number of nitrogens with zero attached hydrogens (tertiary/aromatic N) is 1. The van der Waals surface area contributed by atoms with Crippen molar-refractivity contribution >= 4 is 15.7 Å². The number of benzene rings is 1. The molecule has 1 heterocycles. The van der Waals surface area contributed by atoms with Crippen LogP contribution >= 0.6 is 0 Å². The Hall–Kier alpha value is -2.06. The lowest BCUT2D eigenvalue weighted by Gasteiger charge is -2.12. The lowest BCUT2D eigenvalue weighted by atomic mass is 10.3. The molecule has 0 atom stereocenters. The fourth-order valence-corrected chi connectivity index (χ4v) is 2.87. The molecule has 0 saturated heterocycles. The van der Waals surface area contributed by atoms with Crippen molar-refractivity contribution in [3.05, 3.63) is 36.0 Å². The maximum absolute atomic E-state index is 12.2. The van der Waals surface area contributed by atoms with Crippen molar-refractivity contribution < 1.29 is 18.3 Å². The third-order valence-electron chi connectivity index (χ3n) is 2.55. The molecular weight excluding hydrogens is 282 g/mol. The molecule has 2 aromatic rings. The molecule has 0 amide bonds. The first-order valence-corrected chi connectivity index (χ1v) is 7.44. The van der Waals surface area contributed by atoms with E-state index in [0.717, 1.165) is 0 Å². The van der Waals surface area contributed by atoms with E-state index in [1.807, 2.05) is 6.92 Å². The van der Waals surface area contributed by atoms with Crippen LogP contribution in [0.3, 0.4) is 0 Å². The van der Waals surface area contributed by atoms with Gasteiger partial charge >= 0.3 is 0 Å². The first-order valence-electron chi connectivity index (χ1n) is 5.96. The van der Waals surface area contributed by atoms with Gasteiger partial charge in [0.1, 0.15) is 5.75 Å². The summed E-state index contributed by atoms with van der Waals surface area (Å²) >= 11 is 0. The number of aliphatic hydroxyl groups is 1. The average Bonchev–Trinajstić information content (AvgIpc) is 2.90. The third-order valence-corrected chi connectivity index (χ3v) is 3.93. The van der Waals surface area contributed by atoms with Crippen LogP contribution in [0.2, 0.25) is 0 Å². The number of nitrogens with one attached hydrogen (secondary N) is 2. The number of hydrogen-bond donors (Lipinski definition) is 3. The summed E-state index contributed by atoms with van der Waals surface area (Å²) in [5, 5.41) is 14.9. The van der Waals surface area contributed by atoms with Crippen LogP contribution in [0.1, 0.15) is 12.5 Å². The van der Waals surface area contributed by atoms with Crippen molar-refractivity contribution in [2.45, 2.75) is 18.6 Å². The maximum atomic E-state index is 12.2. The van der Waals surface area contributed by atoms with Gasteiger partial charge < -0.3 is 9.84 Å². The molecule has 8 heteroatoms. The summed E-state index contributed by atoms with van der Waals surface area (Å²) in [7, 11) is -3.86. The largest absolute Gasteiger partial charge is 0.492 e. The van der Waals surface area contributed by atoms with E-state index >= 15 is 0 Å². The molecule has 3 N–H and O–H groups in total. The number of para-hydroxylation sites is 2. The molecule has 0 radical (unpaired) electrons. The summed E-state index contributed by atoms with van der Waals surface area (Å²) < 4.78 is 32.3. The van der Waals surface area contributed by atoms with Crippen LogP contribution in [0.5, 0.6) is 5.75 Å². The standard InChI is InChI=1S/C12H15N3O4S/c1-2-19-11-6-4-3-5-10(11)15-20(17,18)12-9(8-16)7-13-14-12/h3-7,15-16H,2,8H2,1H3,(H,13,14). The smallest absolute Gasteiger partial charge is 0.279 e. The number of aromatic nitrogens is 2. The number of aromatic amines is 1. The summed E-state index contributed by atoms with van der Waals surface area (Å²) in [5.74, 6) is 0.434. The van der Waals surface area contributed by atoms with Crippen LogP contribution in [0.15, 0.2) is 35.5 Å². The highest BCUT2D eigenvalue weighted by molar-refractivity contribution is 7.92. The predicted octanol–water partition coefficient (Wildman–Crippen LogP) is 1.10. The second-order valence-electron chi connectivity index (χ2n) is 3.92. The minimum Gasteiger partial charge on any atom is -0.492 e. The van der Waals surface area contributed by atoms with Crippen molar-refractivity contribution in [1.82, 2.24) is 10.2 Å². The second kappa shape index (κ2) is 5.93. The topological polar surface area (TPSA) is 104 Å². The molecule has 0 aliphatic heterocycles. The van der Waals surface area contributed by atoms with Crippen molar-refractivity contribution in [2.24, 2.45) is 0 Å². The van der Waals surface area contributed by atoms with Gasteiger partial charge in [0, 0.05) is 5.56 Å². The Morgan fingerprint density at radius 2 is 2.15 bits per heavy atom. The number of ether oxygens (including phenoxy) is 1. The number of aliphatic hydroxyl groups excluding tert-OH is 1. The van der Waals surface area contributed by atoms with E-state index in [9.17, 15) is 8.42 Å². The normalized spacial score (nSPS) is 11.3. The maximum Gasteiger partial charge on any atom is 0.279 e. The molecule has 0 saturated carbocycles. The van der Waals surface area contributed by atoms with Crippen LogP contribution in [-0.2, 0) is 16.6 Å². The fourth-order valence-electron chi connectivity index (χ4n) is 1.67. The van der Waals surface area contributed by atoms with Crippen molar-refractivity contribution in [3.63, 3.8) is 0 Å². The molecule has 1 aromatic heterocycles. The van der Waals surface area contributed by atoms with Gasteiger partial charge in [0.2, 0.25) is 0 Å². The van der Waals surface area contributed by atoms with E-state index in [1.54, 1.807) is 24.3 Å². The number of hydrogen-bond acceptors (Lipinski definition) is 5. The minimum atomic E-state index is -3.86. The Bertz CT molecular complexity index is 682. The molecule has 1 aromatic carbocycles. The summed E-state index contributed by atoms with van der Waals surface area (Å²) in [6.07, 6.45) is 1.27. The summed E-state index contributed by atoms with van der Waals surface area (Å²) in [6, 6.07) is 6.71. The molecule has 20 heavy (non-hydrogen) atoms. The van der Waals surface area contributed by atoms with Crippen molar-refractivity contribution in [2.75, 3.05) is 11.3 Å². The van der Waals surface area contributed by atoms with Gasteiger partial charge in [-0.1, -0.05) is 12.1 Å². The highest BCUT2D eigenvalue weighted by Gasteiger charge is 2.21. The van der Waals surface area contributed by atoms with E-state index in [1.165, 1.54) is 6.20 Å². The van der Waals surface area contributed by atoms with Gasteiger partial charge in [-0.2, -0.15) is 13.5 Å². The van der Waals surface area contributed by atoms with Crippen LogP contribution in [0.25, 0.3) is 0 Å². The molecule has 0 spiro atoms. The van der Waals surface area contributed by atoms with E-state index < -0.39 is 16.6 Å². The third kappa shape index (κ3) is 2.91. The summed E-state index contributed by atoms with van der Waals surface area (Å²) in [4.78, 5) is 0. The SMILES string of the molecule is CCOc1ccccc1NS(=O)(=O)c1[nH]ncc1CO. The zero-order chi connectivity index (χ0) is 14.6. The Kier molecular flexibility index (Phi) is 4.26. The van der Waals surface area contributed by atoms with Gasteiger partial charge in [-0.15, -0.1) is 0 Å². The molecule has 0 fully saturated rings. The first kappa shape index (κ1) is 14.4. The fraction of sp³-hybridized carbons (Fsp3) is 0.250. The predicted molar refractivity (Wildman–Crippen MR) is 72.9 cm³/mol. The Labute approximate surface area is 116 Å². The van der Waals surface area contributed by atoms with Crippen LogP contribution in [0.4, 0.5) is 5.69 Å². The second-order valence-corrected chi connectivity index (χ2v) is 5.54. The lowest BCUT2D eigenvalue weighted by molar-refractivity contribution is 0.278. The minimum absolute atomic E-state index is 0.161. The average molecular weight is 297 g/mol. The first-order chi connectivity index (χ1) is 9.58. The van der Waals surface area contributed by atoms with Crippen LogP contribution < -0.4 is 9.46 Å². The van der Waals surface area contributed by atoms with Crippen molar-refractivity contribution in [3.8, 4) is 5.75 Å². The monoisotopic (exact) mass is 297 g/mol. The molecule has 0 unspecified atom stereocenters. The number of sulfonamides is 1. The lowest BCUT2D eigenvalue weighted by Crippen LogP contribution is -2.16. The molecule has 0 aliphatic rings. The molecule has 7 nitrogen and oxygen atoms in total. The zero-order valence-corrected chi connectivity index (χ0v) is 11.6. The van der Waals surface area contributed by atoms with E-state index in [0.29, 0.717) is 18.0 Å². The number of H-pyrrole nitrogens is 1. The summed E-state index contributed by atoms with van der Waals surface area (Å²) in [6.45, 7) is 1.81. The van der Waals surface area contributed by atoms with Gasteiger partial charge in [-0.25, -0.2) is 0 Å². The highest BCUT2D eigenvalue weighted by Crippen LogP contribution is 2.26. The van der Waals surface area contributed by atoms with Gasteiger partial charge in [-0.3, -0.25) is 9.82 Å². The van der Waals surface area contributed by atoms with Crippen LogP contribution in [-0.4, -0.2) is 30.3 Å². The molecular formula is C12H15N3O4S. The zero-order valence-electron chi connectivity index (χ0n) is 10.8. The Balaban J connectivity index is 2.34. The van der Waals surface area contributed by atoms with Gasteiger partial charge in [0.25, 0.3) is 10.0 Å². The van der Waals surface area contributed by atoms with Gasteiger partial charge in [-0.05, 0) is 19.1 Å². The summed E-state index contributed by atoms with van der Waals surface area (Å²) in [5.41, 5.74) is 0.527. The molecule has 0 aliphatic carbocycles. The Morgan fingerprint density at radius 1 is 1.40 bits per heavy atom. The van der Waals surface area contributed by atoms with Crippen LogP contribution in [0, 0.1) is 0 Å². The van der Waals surface area contributed by atoms with Gasteiger partial charge in [0.15, 0.2) is 5.03 Å². The van der Waals surface area contributed by atoms with E-state index in [-0.39, 0.29) is 10.6 Å².